The molecule has 0 aliphatic heterocycles. The Morgan fingerprint density at radius 3 is 2.41 bits per heavy atom. The first-order valence-electron chi connectivity index (χ1n) is 8.51. The van der Waals surface area contributed by atoms with Gasteiger partial charge in [-0.2, -0.15) is 0 Å². The molecule has 138 valence electrons. The number of Topliss-reactive ketones (excluding diaryl/α,β-unsaturated/α-hetero) is 1. The quantitative estimate of drug-likeness (QED) is 0.379. The van der Waals surface area contributed by atoms with E-state index in [4.69, 9.17) is 5.73 Å². The smallest absolute Gasteiger partial charge is 0.200 e. The normalized spacial score (nSPS) is 20.7. The van der Waals surface area contributed by atoms with Gasteiger partial charge in [0.05, 0.1) is 22.8 Å². The fourth-order valence-electron chi connectivity index (χ4n) is 4.10. The SMILES string of the molecule is CC(=O)[C@@H]1Cc2c(O)c3c(c(O)c2[C@H](O)C1)C(=O)c1cccc(N)c1C3=O. The first-order valence-corrected chi connectivity index (χ1v) is 8.51. The van der Waals surface area contributed by atoms with E-state index < -0.39 is 35.1 Å². The lowest BCUT2D eigenvalue weighted by Crippen LogP contribution is -2.28. The molecule has 7 heteroatoms. The van der Waals surface area contributed by atoms with E-state index in [1.54, 1.807) is 0 Å². The third-order valence-corrected chi connectivity index (χ3v) is 5.48. The standard InChI is InChI=1S/C20H17NO6/c1-7(22)8-5-10-14(12(23)6-8)20(27)15-16(18(10)25)19(26)13-9(17(15)24)3-2-4-11(13)21/h2-4,8,12,23,25,27H,5-6,21H2,1H3/t8-,12-/m1/s1. The van der Waals surface area contributed by atoms with Crippen LogP contribution in [-0.4, -0.2) is 32.7 Å². The van der Waals surface area contributed by atoms with Crippen LogP contribution in [0.15, 0.2) is 18.2 Å². The summed E-state index contributed by atoms with van der Waals surface area (Å²) in [7, 11) is 0. The molecule has 4 rings (SSSR count). The van der Waals surface area contributed by atoms with Gasteiger partial charge in [-0.15, -0.1) is 0 Å². The number of hydrogen-bond acceptors (Lipinski definition) is 7. The van der Waals surface area contributed by atoms with Crippen molar-refractivity contribution in [1.82, 2.24) is 0 Å². The highest BCUT2D eigenvalue weighted by Gasteiger charge is 2.42. The van der Waals surface area contributed by atoms with Crippen LogP contribution in [0.1, 0.15) is 62.4 Å². The molecule has 2 aliphatic carbocycles. The molecule has 2 aliphatic rings. The summed E-state index contributed by atoms with van der Waals surface area (Å²) >= 11 is 0. The number of benzene rings is 2. The number of hydrogen-bond donors (Lipinski definition) is 4. The largest absolute Gasteiger partial charge is 0.507 e. The summed E-state index contributed by atoms with van der Waals surface area (Å²) in [6.07, 6.45) is -1.10. The predicted octanol–water partition coefficient (Wildman–Crippen LogP) is 1.64. The van der Waals surface area contributed by atoms with E-state index in [0.717, 1.165) is 0 Å². The summed E-state index contributed by atoms with van der Waals surface area (Å²) in [6.45, 7) is 1.38. The number of nitrogens with two attached hydrogens (primary N) is 1. The number of aliphatic hydroxyl groups is 1. The molecule has 2 aromatic rings. The van der Waals surface area contributed by atoms with Gasteiger partial charge in [-0.25, -0.2) is 0 Å². The monoisotopic (exact) mass is 367 g/mol. The van der Waals surface area contributed by atoms with Crippen LogP contribution < -0.4 is 5.73 Å². The van der Waals surface area contributed by atoms with Gasteiger partial charge in [-0.1, -0.05) is 12.1 Å². The Balaban J connectivity index is 2.03. The number of nitrogen functional groups attached to an aromatic ring is 1. The van der Waals surface area contributed by atoms with Gasteiger partial charge in [-0.3, -0.25) is 14.4 Å². The number of ketones is 3. The number of aromatic hydroxyl groups is 2. The first kappa shape index (κ1) is 17.2. The molecule has 0 radical (unpaired) electrons. The van der Waals surface area contributed by atoms with Crippen molar-refractivity contribution in [2.75, 3.05) is 5.73 Å². The van der Waals surface area contributed by atoms with E-state index in [0.29, 0.717) is 0 Å². The van der Waals surface area contributed by atoms with Gasteiger partial charge in [-0.05, 0) is 25.8 Å². The summed E-state index contributed by atoms with van der Waals surface area (Å²) in [5, 5.41) is 31.9. The fourth-order valence-corrected chi connectivity index (χ4v) is 4.10. The molecule has 7 nitrogen and oxygen atoms in total. The van der Waals surface area contributed by atoms with Gasteiger partial charge < -0.3 is 21.1 Å². The van der Waals surface area contributed by atoms with Crippen molar-refractivity contribution >= 4 is 23.0 Å². The molecule has 27 heavy (non-hydrogen) atoms. The summed E-state index contributed by atoms with van der Waals surface area (Å²) in [5.41, 5.74) is 5.40. The van der Waals surface area contributed by atoms with Crippen LogP contribution in [0.5, 0.6) is 11.5 Å². The lowest BCUT2D eigenvalue weighted by Gasteiger charge is -2.31. The number of aliphatic hydroxyl groups excluding tert-OH is 1. The number of carbonyl (C=O) groups is 3. The van der Waals surface area contributed by atoms with Gasteiger partial charge in [0.2, 0.25) is 0 Å². The summed E-state index contributed by atoms with van der Waals surface area (Å²) < 4.78 is 0. The minimum absolute atomic E-state index is 0.00254. The van der Waals surface area contributed by atoms with Gasteiger partial charge in [0, 0.05) is 28.3 Å². The van der Waals surface area contributed by atoms with Gasteiger partial charge >= 0.3 is 0 Å². The van der Waals surface area contributed by atoms with Crippen molar-refractivity contribution < 1.29 is 29.7 Å². The van der Waals surface area contributed by atoms with Crippen LogP contribution in [-0.2, 0) is 11.2 Å². The molecule has 0 amide bonds. The molecular weight excluding hydrogens is 350 g/mol. The zero-order chi connectivity index (χ0) is 19.6. The molecule has 5 N–H and O–H groups in total. The number of anilines is 1. The van der Waals surface area contributed by atoms with E-state index >= 15 is 0 Å². The number of rotatable bonds is 1. The van der Waals surface area contributed by atoms with Crippen molar-refractivity contribution in [3.05, 3.63) is 51.6 Å². The average molecular weight is 367 g/mol. The van der Waals surface area contributed by atoms with Crippen LogP contribution in [0, 0.1) is 5.92 Å². The first-order chi connectivity index (χ1) is 12.7. The highest BCUT2D eigenvalue weighted by molar-refractivity contribution is 6.32. The maximum atomic E-state index is 13.0. The van der Waals surface area contributed by atoms with Crippen LogP contribution in [0.3, 0.4) is 0 Å². The average Bonchev–Trinajstić information content (AvgIpc) is 2.61. The second kappa shape index (κ2) is 5.65. The summed E-state index contributed by atoms with van der Waals surface area (Å²) in [5.74, 6) is -3.07. The van der Waals surface area contributed by atoms with Gasteiger partial charge in [0.25, 0.3) is 0 Å². The van der Waals surface area contributed by atoms with Crippen molar-refractivity contribution in [2.24, 2.45) is 5.92 Å². The van der Waals surface area contributed by atoms with Crippen molar-refractivity contribution in [3.8, 4) is 11.5 Å². The second-order valence-corrected chi connectivity index (χ2v) is 7.03. The Kier molecular flexibility index (Phi) is 3.61. The van der Waals surface area contributed by atoms with E-state index in [2.05, 4.69) is 0 Å². The highest BCUT2D eigenvalue weighted by Crippen LogP contribution is 2.49. The van der Waals surface area contributed by atoms with Crippen LogP contribution in [0.25, 0.3) is 0 Å². The third-order valence-electron chi connectivity index (χ3n) is 5.48. The highest BCUT2D eigenvalue weighted by atomic mass is 16.3. The Labute approximate surface area is 154 Å². The molecule has 0 heterocycles. The molecule has 0 fully saturated rings. The minimum atomic E-state index is -1.23. The topological polar surface area (TPSA) is 138 Å². The lowest BCUT2D eigenvalue weighted by molar-refractivity contribution is -0.122. The van der Waals surface area contributed by atoms with Crippen LogP contribution >= 0.6 is 0 Å². The predicted molar refractivity (Wildman–Crippen MR) is 94.9 cm³/mol. The molecule has 2 aromatic carbocycles. The maximum absolute atomic E-state index is 13.0. The van der Waals surface area contributed by atoms with Crippen molar-refractivity contribution in [2.45, 2.75) is 25.9 Å². The Morgan fingerprint density at radius 2 is 1.74 bits per heavy atom. The molecule has 0 bridgehead atoms. The zero-order valence-corrected chi connectivity index (χ0v) is 14.4. The lowest BCUT2D eigenvalue weighted by atomic mass is 9.74. The molecular formula is C20H17NO6. The van der Waals surface area contributed by atoms with Crippen LogP contribution in [0.2, 0.25) is 0 Å². The van der Waals surface area contributed by atoms with E-state index in [-0.39, 0.29) is 57.7 Å². The van der Waals surface area contributed by atoms with E-state index in [9.17, 15) is 29.7 Å². The minimum Gasteiger partial charge on any atom is -0.507 e. The van der Waals surface area contributed by atoms with Crippen LogP contribution in [0.4, 0.5) is 5.69 Å². The zero-order valence-electron chi connectivity index (χ0n) is 14.4. The summed E-state index contributed by atoms with van der Waals surface area (Å²) in [4.78, 5) is 37.7. The van der Waals surface area contributed by atoms with Gasteiger partial charge in [0.15, 0.2) is 11.6 Å². The fraction of sp³-hybridized carbons (Fsp3) is 0.250. The molecule has 0 saturated heterocycles. The van der Waals surface area contributed by atoms with E-state index in [1.165, 1.54) is 25.1 Å². The Hall–Kier alpha value is -3.19. The van der Waals surface area contributed by atoms with E-state index in [1.807, 2.05) is 0 Å². The summed E-state index contributed by atoms with van der Waals surface area (Å²) in [6, 6.07) is 4.42. The Bertz CT molecular complexity index is 1060. The van der Waals surface area contributed by atoms with Crippen molar-refractivity contribution in [3.63, 3.8) is 0 Å². The molecule has 0 aromatic heterocycles. The van der Waals surface area contributed by atoms with Crippen molar-refractivity contribution in [1.29, 1.82) is 0 Å². The second-order valence-electron chi connectivity index (χ2n) is 7.03. The Morgan fingerprint density at radius 1 is 1.07 bits per heavy atom. The number of carbonyl (C=O) groups excluding carboxylic acids is 3. The number of phenolic OH excluding ortho intramolecular Hbond substituents is 2. The molecule has 0 spiro atoms. The van der Waals surface area contributed by atoms with Gasteiger partial charge in [0.1, 0.15) is 17.3 Å². The molecule has 0 saturated carbocycles. The third kappa shape index (κ3) is 2.21. The number of fused-ring (bicyclic) bond motifs is 3. The molecule has 0 unspecified atom stereocenters. The molecule has 2 atom stereocenters. The number of phenols is 2. The maximum Gasteiger partial charge on any atom is 0.200 e.